The lowest BCUT2D eigenvalue weighted by Gasteiger charge is -2.33. The highest BCUT2D eigenvalue weighted by Crippen LogP contribution is 2.24. The quantitative estimate of drug-likeness (QED) is 0.590. The molecule has 1 amide bonds. The summed E-state index contributed by atoms with van der Waals surface area (Å²) in [7, 11) is 0. The van der Waals surface area contributed by atoms with E-state index in [2.05, 4.69) is 17.6 Å². The minimum absolute atomic E-state index is 0.0818. The van der Waals surface area contributed by atoms with Gasteiger partial charge in [0.2, 0.25) is 5.91 Å². The Hall–Kier alpha value is -0.610. The van der Waals surface area contributed by atoms with Crippen LogP contribution in [0.1, 0.15) is 58.8 Å². The molecule has 0 aliphatic heterocycles. The second-order valence-corrected chi connectivity index (χ2v) is 5.72. The third kappa shape index (κ3) is 5.91. The van der Waals surface area contributed by atoms with Crippen molar-refractivity contribution in [2.75, 3.05) is 13.2 Å². The van der Waals surface area contributed by atoms with E-state index in [9.17, 15) is 9.90 Å². The maximum atomic E-state index is 11.9. The van der Waals surface area contributed by atoms with Crippen molar-refractivity contribution in [3.63, 3.8) is 0 Å². The highest BCUT2D eigenvalue weighted by Gasteiger charge is 2.27. The number of unbranched alkanes of at least 4 members (excludes halogenated alkanes) is 2. The van der Waals surface area contributed by atoms with Crippen LogP contribution in [0.15, 0.2) is 0 Å². The van der Waals surface area contributed by atoms with Crippen molar-refractivity contribution < 1.29 is 9.90 Å². The number of hydrogen-bond acceptors (Lipinski definition) is 3. The molecule has 0 aromatic carbocycles. The maximum Gasteiger partial charge on any atom is 0.236 e. The van der Waals surface area contributed by atoms with Gasteiger partial charge in [0, 0.05) is 19.2 Å². The minimum atomic E-state index is -0.168. The summed E-state index contributed by atoms with van der Waals surface area (Å²) >= 11 is 0. The van der Waals surface area contributed by atoms with Crippen LogP contribution in [0, 0.1) is 5.92 Å². The first-order valence-corrected chi connectivity index (χ1v) is 7.83. The monoisotopic (exact) mass is 270 g/mol. The number of nitrogens with one attached hydrogen (secondary N) is 2. The molecule has 1 fully saturated rings. The topological polar surface area (TPSA) is 61.4 Å². The van der Waals surface area contributed by atoms with E-state index in [0.29, 0.717) is 5.92 Å². The van der Waals surface area contributed by atoms with Crippen LogP contribution >= 0.6 is 0 Å². The zero-order valence-corrected chi connectivity index (χ0v) is 12.5. The maximum absolute atomic E-state index is 11.9. The molecular formula is C15H30N2O2. The van der Waals surface area contributed by atoms with E-state index >= 15 is 0 Å². The number of aliphatic hydroxyl groups excluding tert-OH is 1. The van der Waals surface area contributed by atoms with Gasteiger partial charge in [-0.05, 0) is 32.1 Å². The molecule has 1 aliphatic rings. The highest BCUT2D eigenvalue weighted by atomic mass is 16.3. The molecule has 0 heterocycles. The van der Waals surface area contributed by atoms with Crippen molar-refractivity contribution in [2.45, 2.75) is 70.9 Å². The van der Waals surface area contributed by atoms with Gasteiger partial charge in [-0.3, -0.25) is 4.79 Å². The Morgan fingerprint density at radius 3 is 2.74 bits per heavy atom. The van der Waals surface area contributed by atoms with Crippen LogP contribution in [-0.2, 0) is 4.79 Å². The molecular weight excluding hydrogens is 240 g/mol. The molecule has 0 spiro atoms. The summed E-state index contributed by atoms with van der Waals surface area (Å²) in [4.78, 5) is 11.9. The molecule has 0 aromatic rings. The van der Waals surface area contributed by atoms with E-state index in [1.54, 1.807) is 0 Å². The van der Waals surface area contributed by atoms with Crippen LogP contribution in [0.4, 0.5) is 0 Å². The minimum Gasteiger partial charge on any atom is -0.396 e. The zero-order chi connectivity index (χ0) is 14.1. The van der Waals surface area contributed by atoms with Crippen LogP contribution in [0.3, 0.4) is 0 Å². The van der Waals surface area contributed by atoms with Gasteiger partial charge in [0.15, 0.2) is 0 Å². The highest BCUT2D eigenvalue weighted by molar-refractivity contribution is 5.81. The van der Waals surface area contributed by atoms with E-state index in [4.69, 9.17) is 0 Å². The molecule has 3 unspecified atom stereocenters. The van der Waals surface area contributed by atoms with Crippen LogP contribution in [0.2, 0.25) is 0 Å². The number of carbonyl (C=O) groups is 1. The van der Waals surface area contributed by atoms with Crippen molar-refractivity contribution in [3.05, 3.63) is 0 Å². The van der Waals surface area contributed by atoms with Crippen molar-refractivity contribution in [1.29, 1.82) is 0 Å². The first kappa shape index (κ1) is 16.4. The molecule has 0 radical (unpaired) electrons. The van der Waals surface area contributed by atoms with Gasteiger partial charge in [0.25, 0.3) is 0 Å². The predicted octanol–water partition coefficient (Wildman–Crippen LogP) is 1.82. The lowest BCUT2D eigenvalue weighted by Crippen LogP contribution is -2.50. The van der Waals surface area contributed by atoms with E-state index in [1.807, 2.05) is 6.92 Å². The van der Waals surface area contributed by atoms with E-state index in [1.165, 1.54) is 19.3 Å². The summed E-state index contributed by atoms with van der Waals surface area (Å²) < 4.78 is 0. The Bertz CT molecular complexity index is 259. The van der Waals surface area contributed by atoms with E-state index < -0.39 is 0 Å². The SMILES string of the molecule is CCCCCNC(=O)C(C)NC1CCCCC1CO. The average Bonchev–Trinajstić information content (AvgIpc) is 2.44. The van der Waals surface area contributed by atoms with Gasteiger partial charge in [-0.1, -0.05) is 32.6 Å². The molecule has 0 aromatic heterocycles. The molecule has 19 heavy (non-hydrogen) atoms. The first-order valence-electron chi connectivity index (χ1n) is 7.83. The van der Waals surface area contributed by atoms with E-state index in [-0.39, 0.29) is 24.6 Å². The molecule has 0 bridgehead atoms. The molecule has 4 heteroatoms. The Morgan fingerprint density at radius 2 is 2.05 bits per heavy atom. The second-order valence-electron chi connectivity index (χ2n) is 5.72. The van der Waals surface area contributed by atoms with Crippen LogP contribution in [-0.4, -0.2) is 36.2 Å². The molecule has 1 rings (SSSR count). The number of hydrogen-bond donors (Lipinski definition) is 3. The Morgan fingerprint density at radius 1 is 1.32 bits per heavy atom. The number of aliphatic hydroxyl groups is 1. The zero-order valence-electron chi connectivity index (χ0n) is 12.5. The number of carbonyl (C=O) groups excluding carboxylic acids is 1. The molecule has 0 saturated heterocycles. The summed E-state index contributed by atoms with van der Waals surface area (Å²) in [6, 6.07) is 0.119. The lowest BCUT2D eigenvalue weighted by molar-refractivity contribution is -0.123. The van der Waals surface area contributed by atoms with Gasteiger partial charge < -0.3 is 15.7 Å². The summed E-state index contributed by atoms with van der Waals surface area (Å²) in [6.45, 7) is 5.07. The Balaban J connectivity index is 2.27. The standard InChI is InChI=1S/C15H30N2O2/c1-3-4-7-10-16-15(19)12(2)17-14-9-6-5-8-13(14)11-18/h12-14,17-18H,3-11H2,1-2H3,(H,16,19). The largest absolute Gasteiger partial charge is 0.396 e. The molecule has 4 nitrogen and oxygen atoms in total. The second kappa shape index (κ2) is 9.32. The predicted molar refractivity (Wildman–Crippen MR) is 78.0 cm³/mol. The lowest BCUT2D eigenvalue weighted by atomic mass is 9.84. The van der Waals surface area contributed by atoms with Crippen LogP contribution in [0.5, 0.6) is 0 Å². The van der Waals surface area contributed by atoms with Gasteiger partial charge in [-0.25, -0.2) is 0 Å². The van der Waals surface area contributed by atoms with Crippen molar-refractivity contribution >= 4 is 5.91 Å². The van der Waals surface area contributed by atoms with E-state index in [0.717, 1.165) is 32.2 Å². The van der Waals surface area contributed by atoms with Gasteiger partial charge in [-0.2, -0.15) is 0 Å². The molecule has 1 saturated carbocycles. The first-order chi connectivity index (χ1) is 9.19. The van der Waals surface area contributed by atoms with Gasteiger partial charge >= 0.3 is 0 Å². The summed E-state index contributed by atoms with van der Waals surface area (Å²) in [5, 5.41) is 15.7. The summed E-state index contributed by atoms with van der Waals surface area (Å²) in [5.74, 6) is 0.391. The molecule has 3 atom stereocenters. The number of amides is 1. The van der Waals surface area contributed by atoms with Crippen molar-refractivity contribution in [2.24, 2.45) is 5.92 Å². The van der Waals surface area contributed by atoms with Crippen LogP contribution < -0.4 is 10.6 Å². The smallest absolute Gasteiger partial charge is 0.236 e. The molecule has 3 N–H and O–H groups in total. The average molecular weight is 270 g/mol. The third-order valence-corrected chi connectivity index (χ3v) is 4.08. The fourth-order valence-electron chi connectivity index (χ4n) is 2.78. The fourth-order valence-corrected chi connectivity index (χ4v) is 2.78. The van der Waals surface area contributed by atoms with Crippen molar-refractivity contribution in [3.8, 4) is 0 Å². The number of rotatable bonds is 8. The van der Waals surface area contributed by atoms with Gasteiger partial charge in [0.1, 0.15) is 0 Å². The molecule has 112 valence electrons. The Labute approximate surface area is 117 Å². The summed E-state index contributed by atoms with van der Waals surface area (Å²) in [5.41, 5.74) is 0. The summed E-state index contributed by atoms with van der Waals surface area (Å²) in [6.07, 6.45) is 7.91. The van der Waals surface area contributed by atoms with Gasteiger partial charge in [-0.15, -0.1) is 0 Å². The Kier molecular flexibility index (Phi) is 8.07. The molecule has 1 aliphatic carbocycles. The third-order valence-electron chi connectivity index (χ3n) is 4.08. The van der Waals surface area contributed by atoms with Crippen molar-refractivity contribution in [1.82, 2.24) is 10.6 Å². The van der Waals surface area contributed by atoms with Crippen LogP contribution in [0.25, 0.3) is 0 Å². The van der Waals surface area contributed by atoms with Gasteiger partial charge in [0.05, 0.1) is 6.04 Å². The fraction of sp³-hybridized carbons (Fsp3) is 0.933. The normalized spacial score (nSPS) is 25.0.